The van der Waals surface area contributed by atoms with Gasteiger partial charge in [0.15, 0.2) is 11.5 Å². The standard InChI is InChI=1S/C16H15BrN2O7S2/c1-27(21,22)19(28(2,23)24)13-7-6-10(8-12(13)17)18-16(20)11-4-3-5-14-15(11)26-9-25-14/h3-8H,9H2,1-2H3,(H,18,20). The molecule has 2 aromatic carbocycles. The van der Waals surface area contributed by atoms with Gasteiger partial charge in [0.2, 0.25) is 26.8 Å². The Hall–Kier alpha value is -2.31. The topological polar surface area (TPSA) is 119 Å². The number of nitrogens with one attached hydrogen (secondary N) is 1. The Morgan fingerprint density at radius 1 is 1.07 bits per heavy atom. The maximum absolute atomic E-state index is 12.6. The van der Waals surface area contributed by atoms with Gasteiger partial charge in [-0.25, -0.2) is 16.8 Å². The van der Waals surface area contributed by atoms with Crippen molar-refractivity contribution in [3.63, 3.8) is 0 Å². The number of sulfonamides is 2. The molecule has 1 aliphatic heterocycles. The summed E-state index contributed by atoms with van der Waals surface area (Å²) in [5.41, 5.74) is 0.489. The summed E-state index contributed by atoms with van der Waals surface area (Å²) < 4.78 is 58.7. The minimum absolute atomic E-state index is 0.0205. The van der Waals surface area contributed by atoms with Gasteiger partial charge in [-0.05, 0) is 46.3 Å². The van der Waals surface area contributed by atoms with Gasteiger partial charge >= 0.3 is 0 Å². The van der Waals surface area contributed by atoms with Crippen LogP contribution in [-0.2, 0) is 20.0 Å². The van der Waals surface area contributed by atoms with E-state index in [1.54, 1.807) is 18.2 Å². The molecule has 0 saturated carbocycles. The lowest BCUT2D eigenvalue weighted by atomic mass is 10.1. The summed E-state index contributed by atoms with van der Waals surface area (Å²) in [5.74, 6) is 0.322. The summed E-state index contributed by atoms with van der Waals surface area (Å²) in [5, 5.41) is 2.65. The number of halogens is 1. The summed E-state index contributed by atoms with van der Waals surface area (Å²) in [7, 11) is -8.17. The number of hydrogen-bond acceptors (Lipinski definition) is 7. The van der Waals surface area contributed by atoms with Crippen molar-refractivity contribution in [2.45, 2.75) is 0 Å². The molecule has 1 heterocycles. The molecule has 0 radical (unpaired) electrons. The molecule has 1 aliphatic rings. The van der Waals surface area contributed by atoms with Crippen LogP contribution in [0.15, 0.2) is 40.9 Å². The van der Waals surface area contributed by atoms with E-state index in [-0.39, 0.29) is 22.5 Å². The Kier molecular flexibility index (Phi) is 5.30. The highest BCUT2D eigenvalue weighted by Gasteiger charge is 2.29. The fourth-order valence-corrected chi connectivity index (χ4v) is 6.43. The molecule has 0 bridgehead atoms. The van der Waals surface area contributed by atoms with Crippen LogP contribution in [0, 0.1) is 0 Å². The van der Waals surface area contributed by atoms with E-state index in [4.69, 9.17) is 9.47 Å². The van der Waals surface area contributed by atoms with Crippen LogP contribution >= 0.6 is 15.9 Å². The highest BCUT2D eigenvalue weighted by molar-refractivity contribution is 9.10. The van der Waals surface area contributed by atoms with Gasteiger partial charge in [0.1, 0.15) is 0 Å². The molecule has 9 nitrogen and oxygen atoms in total. The minimum Gasteiger partial charge on any atom is -0.454 e. The van der Waals surface area contributed by atoms with E-state index in [0.29, 0.717) is 20.9 Å². The van der Waals surface area contributed by atoms with Gasteiger partial charge in [0.25, 0.3) is 5.91 Å². The Balaban J connectivity index is 1.91. The number of hydrogen-bond donors (Lipinski definition) is 1. The van der Waals surface area contributed by atoms with Crippen molar-refractivity contribution in [1.29, 1.82) is 0 Å². The highest BCUT2D eigenvalue weighted by Crippen LogP contribution is 2.36. The largest absolute Gasteiger partial charge is 0.454 e. The Morgan fingerprint density at radius 3 is 2.36 bits per heavy atom. The lowest BCUT2D eigenvalue weighted by Crippen LogP contribution is -2.35. The van der Waals surface area contributed by atoms with E-state index in [9.17, 15) is 21.6 Å². The summed E-state index contributed by atoms with van der Waals surface area (Å²) >= 11 is 3.16. The Labute approximate surface area is 170 Å². The van der Waals surface area contributed by atoms with Gasteiger partial charge in [-0.15, -0.1) is 0 Å². The van der Waals surface area contributed by atoms with Crippen LogP contribution in [0.2, 0.25) is 0 Å². The third kappa shape index (κ3) is 4.08. The number of amides is 1. The first kappa shape index (κ1) is 20.4. The van der Waals surface area contributed by atoms with E-state index in [2.05, 4.69) is 21.2 Å². The second-order valence-electron chi connectivity index (χ2n) is 5.88. The molecule has 150 valence electrons. The molecule has 0 aliphatic carbocycles. The zero-order valence-corrected chi connectivity index (χ0v) is 17.9. The average molecular weight is 491 g/mol. The fraction of sp³-hybridized carbons (Fsp3) is 0.188. The van der Waals surface area contributed by atoms with Gasteiger partial charge in [0.05, 0.1) is 23.8 Å². The maximum Gasteiger partial charge on any atom is 0.259 e. The van der Waals surface area contributed by atoms with Crippen molar-refractivity contribution < 1.29 is 31.1 Å². The molecule has 28 heavy (non-hydrogen) atoms. The normalized spacial score (nSPS) is 13.2. The SMILES string of the molecule is CS(=O)(=O)N(c1ccc(NC(=O)c2cccc3c2OCO3)cc1Br)S(C)(=O)=O. The molecular formula is C16H15BrN2O7S2. The van der Waals surface area contributed by atoms with Crippen molar-refractivity contribution >= 4 is 53.3 Å². The van der Waals surface area contributed by atoms with E-state index < -0.39 is 26.0 Å². The van der Waals surface area contributed by atoms with Crippen LogP contribution in [0.3, 0.4) is 0 Å². The number of rotatable bonds is 5. The third-order valence-corrected chi connectivity index (χ3v) is 7.50. The number of fused-ring (bicyclic) bond motifs is 1. The molecule has 12 heteroatoms. The summed E-state index contributed by atoms with van der Waals surface area (Å²) in [6, 6.07) is 8.96. The zero-order valence-electron chi connectivity index (χ0n) is 14.7. The zero-order chi connectivity index (χ0) is 20.7. The number of benzene rings is 2. The summed E-state index contributed by atoms with van der Waals surface area (Å²) in [6.45, 7) is 0.0205. The van der Waals surface area contributed by atoms with Crippen LogP contribution in [-0.4, -0.2) is 42.0 Å². The number of carbonyl (C=O) groups is 1. The van der Waals surface area contributed by atoms with Gasteiger partial charge in [0, 0.05) is 10.2 Å². The van der Waals surface area contributed by atoms with Gasteiger partial charge in [-0.3, -0.25) is 4.79 Å². The highest BCUT2D eigenvalue weighted by atomic mass is 79.9. The van der Waals surface area contributed by atoms with Crippen molar-refractivity contribution in [2.24, 2.45) is 0 Å². The van der Waals surface area contributed by atoms with Crippen molar-refractivity contribution in [2.75, 3.05) is 28.3 Å². The predicted octanol–water partition coefficient (Wildman–Crippen LogP) is 2.16. The first-order valence-electron chi connectivity index (χ1n) is 7.68. The van der Waals surface area contributed by atoms with Crippen LogP contribution in [0.4, 0.5) is 11.4 Å². The van der Waals surface area contributed by atoms with E-state index in [0.717, 1.165) is 12.5 Å². The molecular weight excluding hydrogens is 476 g/mol. The van der Waals surface area contributed by atoms with Gasteiger partial charge in [-0.1, -0.05) is 6.07 Å². The van der Waals surface area contributed by atoms with Gasteiger partial charge < -0.3 is 14.8 Å². The lowest BCUT2D eigenvalue weighted by Gasteiger charge is -2.21. The third-order valence-electron chi connectivity index (χ3n) is 3.65. The van der Waals surface area contributed by atoms with Crippen molar-refractivity contribution in [3.05, 3.63) is 46.4 Å². The molecule has 0 atom stereocenters. The number of anilines is 2. The number of nitrogens with zero attached hydrogens (tertiary/aromatic N) is 1. The lowest BCUT2D eigenvalue weighted by molar-refractivity contribution is 0.102. The van der Waals surface area contributed by atoms with Crippen LogP contribution in [0.25, 0.3) is 0 Å². The molecule has 0 aromatic heterocycles. The van der Waals surface area contributed by atoms with E-state index in [1.807, 2.05) is 0 Å². The molecule has 0 spiro atoms. The maximum atomic E-state index is 12.6. The minimum atomic E-state index is -4.09. The molecule has 3 rings (SSSR count). The molecule has 2 aromatic rings. The van der Waals surface area contributed by atoms with Gasteiger partial charge in [-0.2, -0.15) is 3.71 Å². The number of ether oxygens (including phenoxy) is 2. The number of carbonyl (C=O) groups excluding carboxylic acids is 1. The Bertz CT molecular complexity index is 1130. The Morgan fingerprint density at radius 2 is 1.75 bits per heavy atom. The monoisotopic (exact) mass is 490 g/mol. The molecule has 1 amide bonds. The predicted molar refractivity (Wildman–Crippen MR) is 107 cm³/mol. The second kappa shape index (κ2) is 7.26. The molecule has 0 saturated heterocycles. The van der Waals surface area contributed by atoms with Crippen molar-refractivity contribution in [1.82, 2.24) is 0 Å². The van der Waals surface area contributed by atoms with Crippen LogP contribution in [0.1, 0.15) is 10.4 Å². The molecule has 0 fully saturated rings. The summed E-state index contributed by atoms with van der Waals surface area (Å²) in [6.07, 6.45) is 1.57. The fourth-order valence-electron chi connectivity index (χ4n) is 2.64. The first-order valence-corrected chi connectivity index (χ1v) is 12.2. The van der Waals surface area contributed by atoms with Crippen LogP contribution in [0.5, 0.6) is 11.5 Å². The second-order valence-corrected chi connectivity index (χ2v) is 10.6. The average Bonchev–Trinajstić information content (AvgIpc) is 3.03. The molecule has 0 unspecified atom stereocenters. The van der Waals surface area contributed by atoms with Crippen molar-refractivity contribution in [3.8, 4) is 11.5 Å². The van der Waals surface area contributed by atoms with E-state index in [1.165, 1.54) is 18.2 Å². The van der Waals surface area contributed by atoms with Crippen LogP contribution < -0.4 is 18.5 Å². The first-order chi connectivity index (χ1) is 13.0. The summed E-state index contributed by atoms with van der Waals surface area (Å²) in [4.78, 5) is 12.6. The smallest absolute Gasteiger partial charge is 0.259 e. The number of para-hydroxylation sites is 1. The quantitative estimate of drug-likeness (QED) is 0.681. The molecule has 1 N–H and O–H groups in total. The van der Waals surface area contributed by atoms with E-state index >= 15 is 0 Å².